The molecule has 0 spiro atoms. The minimum Gasteiger partial charge on any atom is -0.508 e. The lowest BCUT2D eigenvalue weighted by Gasteiger charge is -2.26. The predicted octanol–water partition coefficient (Wildman–Crippen LogP) is -3.44. The highest BCUT2D eigenvalue weighted by atomic mass is 16.4. The molecule has 0 radical (unpaired) electrons. The van der Waals surface area contributed by atoms with Crippen LogP contribution in [0.15, 0.2) is 59.6 Å². The molecule has 1 heterocycles. The number of nitrogens with two attached hydrogens (primary N) is 3. The Kier molecular flexibility index (Phi) is 21.7. The molecule has 24 heteroatoms. The van der Waals surface area contributed by atoms with E-state index in [-0.39, 0.29) is 75.0 Å². The van der Waals surface area contributed by atoms with Crippen molar-refractivity contribution in [2.45, 2.75) is 114 Å². The third-order valence-electron chi connectivity index (χ3n) is 10.4. The predicted molar refractivity (Wildman–Crippen MR) is 244 cm³/mol. The lowest BCUT2D eigenvalue weighted by Crippen LogP contribution is -2.60. The second-order valence-corrected chi connectivity index (χ2v) is 16.6. The molecule has 1 aliphatic heterocycles. The van der Waals surface area contributed by atoms with Crippen molar-refractivity contribution < 1.29 is 58.2 Å². The number of hydrogen-bond donors (Lipinski definition) is 13. The molecule has 0 saturated carbocycles. The number of benzene rings is 2. The molecule has 2 aromatic carbocycles. The first-order valence-electron chi connectivity index (χ1n) is 21.9. The summed E-state index contributed by atoms with van der Waals surface area (Å²) < 4.78 is 0. The Hall–Kier alpha value is -7.79. The van der Waals surface area contributed by atoms with Gasteiger partial charge in [0, 0.05) is 25.8 Å². The van der Waals surface area contributed by atoms with Crippen molar-refractivity contribution in [3.05, 3.63) is 65.7 Å². The van der Waals surface area contributed by atoms with Crippen molar-refractivity contribution >= 4 is 65.1 Å². The normalized spacial score (nSPS) is 15.6. The Balaban J connectivity index is 1.81. The van der Waals surface area contributed by atoms with Crippen LogP contribution < -0.4 is 59.7 Å². The van der Waals surface area contributed by atoms with Gasteiger partial charge in [-0.25, -0.2) is 0 Å². The number of nitrogens with one attached hydrogen (secondary N) is 8. The zero-order valence-electron chi connectivity index (χ0n) is 38.0. The van der Waals surface area contributed by atoms with Gasteiger partial charge in [0.25, 0.3) is 0 Å². The summed E-state index contributed by atoms with van der Waals surface area (Å²) >= 11 is 0. The highest BCUT2D eigenvalue weighted by Crippen LogP contribution is 2.13. The molecule has 370 valence electrons. The molecule has 68 heavy (non-hydrogen) atoms. The first kappa shape index (κ1) is 54.5. The topological polar surface area (TPSA) is 398 Å². The molecule has 0 aromatic heterocycles. The molecule has 7 unspecified atom stereocenters. The highest BCUT2D eigenvalue weighted by Gasteiger charge is 2.35. The minimum absolute atomic E-state index is 0.0196. The molecule has 0 aliphatic carbocycles. The van der Waals surface area contributed by atoms with Crippen LogP contribution in [-0.2, 0) is 60.8 Å². The zero-order valence-corrected chi connectivity index (χ0v) is 38.0. The largest absolute Gasteiger partial charge is 0.508 e. The SMILES string of the molecule is CC(C)CC(NC(=O)CNC(=O)C(Cc1ccccc1)NC(=O)C(C)NC(=O)C(Cc1ccc(O)cc1)NC(=O)C(CC(=O)O)NC(=O)C(CCCN=C(N)N)NC(=O)C1CCC(=O)N1)C(N)=O. The van der Waals surface area contributed by atoms with Gasteiger partial charge in [0.2, 0.25) is 53.2 Å². The number of carboxylic acids is 1. The number of amides is 9. The van der Waals surface area contributed by atoms with Crippen molar-refractivity contribution in [1.82, 2.24) is 42.5 Å². The molecular formula is C44H62N12O12. The van der Waals surface area contributed by atoms with Crippen LogP contribution >= 0.6 is 0 Å². The second-order valence-electron chi connectivity index (χ2n) is 16.6. The summed E-state index contributed by atoms with van der Waals surface area (Å²) in [5, 5.41) is 39.4. The molecule has 16 N–H and O–H groups in total. The molecule has 9 amide bonds. The molecule has 0 bridgehead atoms. The second kappa shape index (κ2) is 27.0. The number of guanidine groups is 1. The van der Waals surface area contributed by atoms with Crippen molar-refractivity contribution in [2.75, 3.05) is 13.1 Å². The van der Waals surface area contributed by atoms with Crippen LogP contribution in [0.5, 0.6) is 5.75 Å². The molecule has 7 atom stereocenters. The Morgan fingerprint density at radius 1 is 0.706 bits per heavy atom. The first-order chi connectivity index (χ1) is 32.1. The van der Waals surface area contributed by atoms with E-state index in [2.05, 4.69) is 47.5 Å². The molecular weight excluding hydrogens is 889 g/mol. The number of primary amides is 1. The van der Waals surface area contributed by atoms with E-state index in [4.69, 9.17) is 17.2 Å². The van der Waals surface area contributed by atoms with Crippen LogP contribution in [-0.4, -0.2) is 131 Å². The average Bonchev–Trinajstić information content (AvgIpc) is 3.72. The van der Waals surface area contributed by atoms with E-state index in [1.54, 1.807) is 30.3 Å². The molecule has 1 aliphatic rings. The number of carbonyl (C=O) groups is 10. The fraction of sp³-hybridized carbons (Fsp3) is 0.477. The smallest absolute Gasteiger partial charge is 0.305 e. The number of aliphatic carboxylic acids is 1. The van der Waals surface area contributed by atoms with Gasteiger partial charge in [-0.3, -0.25) is 52.9 Å². The van der Waals surface area contributed by atoms with Gasteiger partial charge in [0.1, 0.15) is 48.0 Å². The lowest BCUT2D eigenvalue weighted by atomic mass is 10.0. The van der Waals surface area contributed by atoms with Crippen molar-refractivity contribution in [3.63, 3.8) is 0 Å². The molecule has 2 aromatic rings. The van der Waals surface area contributed by atoms with Crippen LogP contribution in [0.1, 0.15) is 70.4 Å². The van der Waals surface area contributed by atoms with Crippen LogP contribution in [0, 0.1) is 5.92 Å². The quantitative estimate of drug-likeness (QED) is 0.0236. The maximum atomic E-state index is 14.0. The standard InChI is InChI=1S/C44H62N12O12/c1-23(2)18-30(37(45)62)52-35(59)22-49-39(64)31(19-25-8-5-4-6-9-25)54-38(63)24(3)50-42(67)32(20-26-11-13-27(57)14-12-26)55-43(68)33(21-36(60)61)56-40(65)28(10-7-17-48-44(46)47)53-41(66)29-15-16-34(58)51-29/h4-6,8-9,11-14,23-24,28-33,57H,7,10,15-22H2,1-3H3,(H2,45,62)(H,49,64)(H,50,67)(H,51,58)(H,52,59)(H,53,66)(H,54,63)(H,55,68)(H,56,65)(H,60,61)(H4,46,47,48). The highest BCUT2D eigenvalue weighted by molar-refractivity contribution is 5.99. The van der Waals surface area contributed by atoms with Crippen LogP contribution in [0.2, 0.25) is 0 Å². The van der Waals surface area contributed by atoms with Gasteiger partial charge in [0.15, 0.2) is 5.96 Å². The Morgan fingerprint density at radius 2 is 1.28 bits per heavy atom. The summed E-state index contributed by atoms with van der Waals surface area (Å²) in [5.74, 6) is -9.08. The van der Waals surface area contributed by atoms with Gasteiger partial charge in [-0.15, -0.1) is 0 Å². The van der Waals surface area contributed by atoms with Gasteiger partial charge in [0.05, 0.1) is 13.0 Å². The van der Waals surface area contributed by atoms with E-state index in [9.17, 15) is 58.2 Å². The molecule has 24 nitrogen and oxygen atoms in total. The van der Waals surface area contributed by atoms with Gasteiger partial charge < -0.3 is 69.9 Å². The van der Waals surface area contributed by atoms with E-state index in [0.717, 1.165) is 0 Å². The number of aliphatic imine (C=N–C) groups is 1. The Morgan fingerprint density at radius 3 is 1.85 bits per heavy atom. The summed E-state index contributed by atoms with van der Waals surface area (Å²) in [6.07, 6.45) is -0.732. The maximum Gasteiger partial charge on any atom is 0.305 e. The lowest BCUT2D eigenvalue weighted by molar-refractivity contribution is -0.141. The first-order valence-corrected chi connectivity index (χ1v) is 21.9. The van der Waals surface area contributed by atoms with Gasteiger partial charge >= 0.3 is 5.97 Å². The number of carboxylic acid groups (broad SMARTS) is 1. The summed E-state index contributed by atoms with van der Waals surface area (Å²) in [7, 11) is 0. The number of phenols is 1. The zero-order chi connectivity index (χ0) is 50.5. The van der Waals surface area contributed by atoms with Gasteiger partial charge in [-0.05, 0) is 61.8 Å². The summed E-state index contributed by atoms with van der Waals surface area (Å²) in [4.78, 5) is 134. The van der Waals surface area contributed by atoms with Crippen molar-refractivity contribution in [2.24, 2.45) is 28.1 Å². The third kappa shape index (κ3) is 19.4. The van der Waals surface area contributed by atoms with E-state index < -0.39 is 108 Å². The van der Waals surface area contributed by atoms with Crippen LogP contribution in [0.4, 0.5) is 0 Å². The number of phenolic OH excluding ortho intramolecular Hbond substituents is 1. The Bertz CT molecular complexity index is 2150. The summed E-state index contributed by atoms with van der Waals surface area (Å²) in [6, 6.07) is 4.77. The van der Waals surface area contributed by atoms with E-state index >= 15 is 0 Å². The average molecular weight is 951 g/mol. The van der Waals surface area contributed by atoms with E-state index in [1.165, 1.54) is 31.2 Å². The fourth-order valence-corrected chi connectivity index (χ4v) is 6.85. The monoisotopic (exact) mass is 950 g/mol. The minimum atomic E-state index is -1.82. The summed E-state index contributed by atoms with van der Waals surface area (Å²) in [6.45, 7) is 4.44. The maximum absolute atomic E-state index is 14.0. The molecule has 3 rings (SSSR count). The molecule has 1 saturated heterocycles. The van der Waals surface area contributed by atoms with Crippen molar-refractivity contribution in [3.8, 4) is 5.75 Å². The number of aromatic hydroxyl groups is 1. The van der Waals surface area contributed by atoms with Crippen LogP contribution in [0.3, 0.4) is 0 Å². The number of nitrogens with zero attached hydrogens (tertiary/aromatic N) is 1. The van der Waals surface area contributed by atoms with Crippen molar-refractivity contribution in [1.29, 1.82) is 0 Å². The van der Waals surface area contributed by atoms with Gasteiger partial charge in [-0.2, -0.15) is 0 Å². The molecule has 1 fully saturated rings. The van der Waals surface area contributed by atoms with Crippen LogP contribution in [0.25, 0.3) is 0 Å². The van der Waals surface area contributed by atoms with E-state index in [1.807, 2.05) is 13.8 Å². The summed E-state index contributed by atoms with van der Waals surface area (Å²) in [5.41, 5.74) is 17.2. The Labute approximate surface area is 392 Å². The van der Waals surface area contributed by atoms with E-state index in [0.29, 0.717) is 11.1 Å². The number of hydrogen-bond acceptors (Lipinski definition) is 12. The number of carbonyl (C=O) groups excluding carboxylic acids is 9. The third-order valence-corrected chi connectivity index (χ3v) is 10.4. The number of rotatable bonds is 27. The fourth-order valence-electron chi connectivity index (χ4n) is 6.85. The van der Waals surface area contributed by atoms with Gasteiger partial charge in [-0.1, -0.05) is 56.3 Å².